The van der Waals surface area contributed by atoms with Gasteiger partial charge in [-0.05, 0) is 18.2 Å². The van der Waals surface area contributed by atoms with Crippen molar-refractivity contribution in [3.05, 3.63) is 57.5 Å². The lowest BCUT2D eigenvalue weighted by atomic mass is 10.2. The van der Waals surface area contributed by atoms with E-state index >= 15 is 0 Å². The molecule has 1 aliphatic rings. The molecular weight excluding hydrogens is 318 g/mol. The van der Waals surface area contributed by atoms with E-state index in [9.17, 15) is 9.59 Å². The molecule has 1 amide bonds. The van der Waals surface area contributed by atoms with E-state index in [-0.39, 0.29) is 5.56 Å². The van der Waals surface area contributed by atoms with Crippen molar-refractivity contribution < 1.29 is 9.53 Å². The van der Waals surface area contributed by atoms with Gasteiger partial charge in [-0.1, -0.05) is 23.7 Å². The Balaban J connectivity index is 1.86. The van der Waals surface area contributed by atoms with Crippen LogP contribution in [0.2, 0.25) is 5.02 Å². The van der Waals surface area contributed by atoms with Crippen molar-refractivity contribution in [3.63, 3.8) is 0 Å². The number of ether oxygens (including phenoxy) is 1. The molecule has 0 bridgehead atoms. The normalized spacial score (nSPS) is 14.6. The van der Waals surface area contributed by atoms with E-state index < -0.39 is 11.5 Å². The van der Waals surface area contributed by atoms with Crippen LogP contribution in [-0.2, 0) is 4.74 Å². The van der Waals surface area contributed by atoms with E-state index in [4.69, 9.17) is 16.3 Å². The molecule has 7 heteroatoms. The zero-order valence-corrected chi connectivity index (χ0v) is 13.1. The minimum atomic E-state index is -0.491. The predicted molar refractivity (Wildman–Crippen MR) is 89.5 cm³/mol. The number of benzene rings is 1. The summed E-state index contributed by atoms with van der Waals surface area (Å²) in [6.07, 6.45) is 1.35. The van der Waals surface area contributed by atoms with Crippen molar-refractivity contribution in [2.45, 2.75) is 0 Å². The van der Waals surface area contributed by atoms with Crippen molar-refractivity contribution in [2.24, 2.45) is 0 Å². The number of morpholine rings is 1. The lowest BCUT2D eigenvalue weighted by molar-refractivity contribution is 0.102. The molecule has 0 aliphatic carbocycles. The summed E-state index contributed by atoms with van der Waals surface area (Å²) in [7, 11) is 0. The fraction of sp³-hybridized carbons (Fsp3) is 0.250. The van der Waals surface area contributed by atoms with E-state index in [0.29, 0.717) is 23.9 Å². The molecule has 1 aromatic carbocycles. The zero-order chi connectivity index (χ0) is 16.2. The number of aromatic nitrogens is 1. The van der Waals surface area contributed by atoms with Gasteiger partial charge in [0.25, 0.3) is 11.5 Å². The van der Waals surface area contributed by atoms with E-state index in [1.807, 2.05) is 18.2 Å². The highest BCUT2D eigenvalue weighted by Crippen LogP contribution is 2.26. The number of nitrogens with one attached hydrogen (secondary N) is 2. The second kappa shape index (κ2) is 6.85. The molecule has 1 aliphatic heterocycles. The first kappa shape index (κ1) is 15.6. The summed E-state index contributed by atoms with van der Waals surface area (Å²) in [5.41, 5.74) is 1.06. The molecule has 0 radical (unpaired) electrons. The van der Waals surface area contributed by atoms with Gasteiger partial charge >= 0.3 is 0 Å². The first-order valence-electron chi connectivity index (χ1n) is 7.26. The van der Waals surface area contributed by atoms with Crippen LogP contribution in [0.5, 0.6) is 0 Å². The van der Waals surface area contributed by atoms with E-state index in [2.05, 4.69) is 15.2 Å². The third-order valence-electron chi connectivity index (χ3n) is 3.62. The standard InChI is InChI=1S/C16H16ClN3O3/c17-11-9-12(15(21)18-10-11)16(22)19-13-3-1-2-4-14(13)20-5-7-23-8-6-20/h1-4,9-10H,5-8H2,(H,18,21)(H,19,22). The highest BCUT2D eigenvalue weighted by molar-refractivity contribution is 6.30. The summed E-state index contributed by atoms with van der Waals surface area (Å²) in [6, 6.07) is 8.84. The molecule has 0 atom stereocenters. The number of carbonyl (C=O) groups is 1. The summed E-state index contributed by atoms with van der Waals surface area (Å²) in [5, 5.41) is 3.09. The van der Waals surface area contributed by atoms with Gasteiger partial charge < -0.3 is 19.9 Å². The number of amides is 1. The molecule has 1 fully saturated rings. The Labute approximate surface area is 138 Å². The number of hydrogen-bond donors (Lipinski definition) is 2. The fourth-order valence-electron chi connectivity index (χ4n) is 2.48. The number of pyridine rings is 1. The van der Waals surface area contributed by atoms with Crippen LogP contribution in [0.15, 0.2) is 41.3 Å². The molecule has 6 nitrogen and oxygen atoms in total. The van der Waals surface area contributed by atoms with Crippen molar-refractivity contribution in [2.75, 3.05) is 36.5 Å². The highest BCUT2D eigenvalue weighted by Gasteiger charge is 2.17. The number of H-pyrrole nitrogens is 1. The number of nitrogens with zero attached hydrogens (tertiary/aromatic N) is 1. The van der Waals surface area contributed by atoms with Crippen LogP contribution in [0, 0.1) is 0 Å². The van der Waals surface area contributed by atoms with Gasteiger partial charge in [-0.3, -0.25) is 9.59 Å². The second-order valence-corrected chi connectivity index (χ2v) is 5.57. The lowest BCUT2D eigenvalue weighted by Gasteiger charge is -2.30. The zero-order valence-electron chi connectivity index (χ0n) is 12.3. The monoisotopic (exact) mass is 333 g/mol. The lowest BCUT2D eigenvalue weighted by Crippen LogP contribution is -2.36. The number of para-hydroxylation sites is 2. The predicted octanol–water partition coefficient (Wildman–Crippen LogP) is 2.12. The Morgan fingerprint density at radius 3 is 2.78 bits per heavy atom. The summed E-state index contributed by atoms with van der Waals surface area (Å²) < 4.78 is 5.35. The second-order valence-electron chi connectivity index (χ2n) is 5.13. The van der Waals surface area contributed by atoms with E-state index in [0.717, 1.165) is 18.8 Å². The number of carbonyl (C=O) groups excluding carboxylic acids is 1. The third-order valence-corrected chi connectivity index (χ3v) is 3.83. The average molecular weight is 334 g/mol. The summed E-state index contributed by atoms with van der Waals surface area (Å²) in [6.45, 7) is 2.81. The SMILES string of the molecule is O=C(Nc1ccccc1N1CCOCC1)c1cc(Cl)c[nH]c1=O. The smallest absolute Gasteiger partial charge is 0.261 e. The van der Waals surface area contributed by atoms with Crippen molar-refractivity contribution in [1.29, 1.82) is 0 Å². The quantitative estimate of drug-likeness (QED) is 0.902. The number of rotatable bonds is 3. The maximum Gasteiger partial charge on any atom is 0.261 e. The summed E-state index contributed by atoms with van der Waals surface area (Å²) >= 11 is 5.84. The molecule has 120 valence electrons. The first-order valence-corrected chi connectivity index (χ1v) is 7.64. The van der Waals surface area contributed by atoms with Gasteiger partial charge in [0.2, 0.25) is 0 Å². The number of anilines is 2. The Hall–Kier alpha value is -2.31. The molecule has 0 unspecified atom stereocenters. The van der Waals surface area contributed by atoms with E-state index in [1.165, 1.54) is 12.3 Å². The molecule has 0 spiro atoms. The Bertz CT molecular complexity index is 769. The molecule has 3 rings (SSSR count). The van der Waals surface area contributed by atoms with Gasteiger partial charge in [0.05, 0.1) is 29.6 Å². The van der Waals surface area contributed by atoms with Crippen molar-refractivity contribution in [3.8, 4) is 0 Å². The number of halogens is 1. The van der Waals surface area contributed by atoms with Crippen LogP contribution in [0.3, 0.4) is 0 Å². The van der Waals surface area contributed by atoms with E-state index in [1.54, 1.807) is 6.07 Å². The summed E-state index contributed by atoms with van der Waals surface area (Å²) in [5.74, 6) is -0.491. The average Bonchev–Trinajstić information content (AvgIpc) is 2.58. The molecular formula is C16H16ClN3O3. The van der Waals surface area contributed by atoms with Gasteiger partial charge in [0, 0.05) is 19.3 Å². The first-order chi connectivity index (χ1) is 11.1. The molecule has 2 aromatic rings. The topological polar surface area (TPSA) is 74.4 Å². The maximum atomic E-state index is 12.4. The van der Waals surface area contributed by atoms with Gasteiger partial charge in [0.1, 0.15) is 5.56 Å². The molecule has 23 heavy (non-hydrogen) atoms. The van der Waals surface area contributed by atoms with Crippen LogP contribution in [0.25, 0.3) is 0 Å². The van der Waals surface area contributed by atoms with Crippen molar-refractivity contribution >= 4 is 28.9 Å². The van der Waals surface area contributed by atoms with Crippen LogP contribution in [-0.4, -0.2) is 37.2 Å². The maximum absolute atomic E-state index is 12.4. The Morgan fingerprint density at radius 2 is 2.00 bits per heavy atom. The third kappa shape index (κ3) is 3.55. The minimum Gasteiger partial charge on any atom is -0.378 e. The van der Waals surface area contributed by atoms with Crippen LogP contribution >= 0.6 is 11.6 Å². The molecule has 2 heterocycles. The molecule has 2 N–H and O–H groups in total. The summed E-state index contributed by atoms with van der Waals surface area (Å²) in [4.78, 5) is 28.8. The fourth-order valence-corrected chi connectivity index (χ4v) is 2.64. The van der Waals surface area contributed by atoms with Crippen LogP contribution in [0.4, 0.5) is 11.4 Å². The Kier molecular flexibility index (Phi) is 4.64. The molecule has 1 aromatic heterocycles. The highest BCUT2D eigenvalue weighted by atomic mass is 35.5. The number of aromatic amines is 1. The number of hydrogen-bond acceptors (Lipinski definition) is 4. The minimum absolute atomic E-state index is 0.0192. The Morgan fingerprint density at radius 1 is 1.26 bits per heavy atom. The van der Waals surface area contributed by atoms with Gasteiger partial charge in [0.15, 0.2) is 0 Å². The van der Waals surface area contributed by atoms with Crippen LogP contribution in [0.1, 0.15) is 10.4 Å². The molecule has 1 saturated heterocycles. The van der Waals surface area contributed by atoms with Gasteiger partial charge in [-0.2, -0.15) is 0 Å². The molecule has 0 saturated carbocycles. The largest absolute Gasteiger partial charge is 0.378 e. The van der Waals surface area contributed by atoms with Crippen molar-refractivity contribution in [1.82, 2.24) is 4.98 Å². The van der Waals surface area contributed by atoms with Gasteiger partial charge in [-0.15, -0.1) is 0 Å². The van der Waals surface area contributed by atoms with Gasteiger partial charge in [-0.25, -0.2) is 0 Å². The van der Waals surface area contributed by atoms with Crippen LogP contribution < -0.4 is 15.8 Å².